The van der Waals surface area contributed by atoms with Gasteiger partial charge in [-0.3, -0.25) is 0 Å². The zero-order valence-corrected chi connectivity index (χ0v) is 11.6. The van der Waals surface area contributed by atoms with E-state index in [0.717, 1.165) is 15.9 Å². The molecule has 2 aromatic carbocycles. The summed E-state index contributed by atoms with van der Waals surface area (Å²) in [4.78, 5) is 0. The van der Waals surface area contributed by atoms with E-state index in [1.165, 1.54) is 6.21 Å². The molecule has 0 aliphatic rings. The largest absolute Gasteiger partial charge is 0.624 e. The van der Waals surface area contributed by atoms with Crippen LogP contribution in [-0.2, 0) is 6.54 Å². The number of hydroxylamine groups is 1. The van der Waals surface area contributed by atoms with Crippen LogP contribution < -0.4 is 9.47 Å². The maximum absolute atomic E-state index is 12.0. The molecule has 2 aromatic rings. The number of methoxy groups -OCH3 is 2. The summed E-state index contributed by atoms with van der Waals surface area (Å²) in [6.07, 6.45) is 1.53. The summed E-state index contributed by atoms with van der Waals surface area (Å²) in [6, 6.07) is 14.9. The van der Waals surface area contributed by atoms with E-state index >= 15 is 0 Å². The molecule has 104 valence electrons. The first-order valence-electron chi connectivity index (χ1n) is 6.27. The molecular formula is C16H17NO3. The molecule has 0 unspecified atom stereocenters. The average molecular weight is 271 g/mol. The van der Waals surface area contributed by atoms with Crippen molar-refractivity contribution in [1.82, 2.24) is 0 Å². The highest BCUT2D eigenvalue weighted by molar-refractivity contribution is 5.77. The third-order valence-electron chi connectivity index (χ3n) is 2.85. The Hall–Kier alpha value is -2.49. The van der Waals surface area contributed by atoms with Gasteiger partial charge in [-0.15, -0.1) is 0 Å². The molecule has 0 aliphatic carbocycles. The van der Waals surface area contributed by atoms with Crippen LogP contribution in [0.5, 0.6) is 11.5 Å². The van der Waals surface area contributed by atoms with Crippen molar-refractivity contribution in [1.29, 1.82) is 0 Å². The van der Waals surface area contributed by atoms with Crippen molar-refractivity contribution in [3.05, 3.63) is 64.9 Å². The number of hydrogen-bond donors (Lipinski definition) is 0. The molecule has 4 heteroatoms. The van der Waals surface area contributed by atoms with Gasteiger partial charge in [-0.25, -0.2) is 4.74 Å². The normalized spacial score (nSPS) is 11.2. The summed E-state index contributed by atoms with van der Waals surface area (Å²) >= 11 is 0. The smallest absolute Gasteiger partial charge is 0.182 e. The summed E-state index contributed by atoms with van der Waals surface area (Å²) < 4.78 is 11.2. The molecule has 0 fully saturated rings. The lowest BCUT2D eigenvalue weighted by atomic mass is 10.2. The van der Waals surface area contributed by atoms with Gasteiger partial charge >= 0.3 is 0 Å². The zero-order chi connectivity index (χ0) is 14.4. The SMILES string of the molecule is COc1cc(C=[N+]([O-])Cc2ccccc2)cc(OC)c1. The standard InChI is InChI=1S/C16H17NO3/c1-19-15-8-14(9-16(10-15)20-2)12-17(18)11-13-6-4-3-5-7-13/h3-10,12H,11H2,1-2H3. The number of nitrogens with zero attached hydrogens (tertiary/aromatic N) is 1. The van der Waals surface area contributed by atoms with E-state index in [4.69, 9.17) is 9.47 Å². The van der Waals surface area contributed by atoms with Crippen molar-refractivity contribution in [3.8, 4) is 11.5 Å². The fourth-order valence-corrected chi connectivity index (χ4v) is 1.88. The maximum atomic E-state index is 12.0. The van der Waals surface area contributed by atoms with Crippen LogP contribution in [0, 0.1) is 5.21 Å². The molecule has 0 aromatic heterocycles. The molecule has 0 heterocycles. The molecule has 0 radical (unpaired) electrons. The molecule has 0 N–H and O–H groups in total. The molecule has 0 amide bonds. The number of hydrogen-bond acceptors (Lipinski definition) is 3. The Morgan fingerprint density at radius 1 is 1.00 bits per heavy atom. The zero-order valence-electron chi connectivity index (χ0n) is 11.6. The molecular weight excluding hydrogens is 254 g/mol. The Bertz CT molecular complexity index is 572. The van der Waals surface area contributed by atoms with Gasteiger partial charge in [0.2, 0.25) is 0 Å². The molecule has 2 rings (SSSR count). The van der Waals surface area contributed by atoms with Gasteiger partial charge in [-0.2, -0.15) is 0 Å². The summed E-state index contributed by atoms with van der Waals surface area (Å²) in [5.74, 6) is 1.31. The minimum atomic E-state index is 0.306. The van der Waals surface area contributed by atoms with E-state index in [1.807, 2.05) is 30.3 Å². The molecule has 0 aliphatic heterocycles. The minimum Gasteiger partial charge on any atom is -0.624 e. The minimum absolute atomic E-state index is 0.306. The Labute approximate surface area is 118 Å². The van der Waals surface area contributed by atoms with Crippen molar-refractivity contribution in [3.63, 3.8) is 0 Å². The molecule has 0 atom stereocenters. The first-order chi connectivity index (χ1) is 9.71. The molecule has 20 heavy (non-hydrogen) atoms. The molecule has 0 spiro atoms. The predicted octanol–water partition coefficient (Wildman–Crippen LogP) is 2.83. The lowest BCUT2D eigenvalue weighted by Crippen LogP contribution is -2.06. The molecule has 0 saturated heterocycles. The Kier molecular flexibility index (Phi) is 4.60. The van der Waals surface area contributed by atoms with Gasteiger partial charge in [0.1, 0.15) is 11.5 Å². The predicted molar refractivity (Wildman–Crippen MR) is 78.5 cm³/mol. The van der Waals surface area contributed by atoms with Gasteiger partial charge in [-0.1, -0.05) is 30.3 Å². The average Bonchev–Trinajstić information content (AvgIpc) is 2.47. The first-order valence-corrected chi connectivity index (χ1v) is 6.27. The van der Waals surface area contributed by atoms with Gasteiger partial charge in [0.15, 0.2) is 12.8 Å². The highest BCUT2D eigenvalue weighted by Gasteiger charge is 2.04. The second-order valence-corrected chi connectivity index (χ2v) is 4.34. The fourth-order valence-electron chi connectivity index (χ4n) is 1.88. The van der Waals surface area contributed by atoms with Crippen molar-refractivity contribution >= 4 is 6.21 Å². The van der Waals surface area contributed by atoms with Gasteiger partial charge in [0.25, 0.3) is 0 Å². The van der Waals surface area contributed by atoms with Gasteiger partial charge in [0.05, 0.1) is 14.2 Å². The number of ether oxygens (including phenoxy) is 2. The van der Waals surface area contributed by atoms with Gasteiger partial charge in [-0.05, 0) is 12.1 Å². The summed E-state index contributed by atoms with van der Waals surface area (Å²) in [7, 11) is 3.16. The Morgan fingerprint density at radius 3 is 2.15 bits per heavy atom. The highest BCUT2D eigenvalue weighted by Crippen LogP contribution is 2.21. The third-order valence-corrected chi connectivity index (χ3v) is 2.85. The monoisotopic (exact) mass is 271 g/mol. The Balaban J connectivity index is 2.21. The summed E-state index contributed by atoms with van der Waals surface area (Å²) in [5, 5.41) is 12.0. The van der Waals surface area contributed by atoms with Crippen LogP contribution in [0.2, 0.25) is 0 Å². The van der Waals surface area contributed by atoms with Crippen LogP contribution in [-0.4, -0.2) is 25.2 Å². The second kappa shape index (κ2) is 6.61. The van der Waals surface area contributed by atoms with Gasteiger partial charge in [0, 0.05) is 17.2 Å². The highest BCUT2D eigenvalue weighted by atomic mass is 16.5. The van der Waals surface area contributed by atoms with E-state index in [-0.39, 0.29) is 0 Å². The first kappa shape index (κ1) is 13.9. The van der Waals surface area contributed by atoms with E-state index < -0.39 is 0 Å². The van der Waals surface area contributed by atoms with Crippen LogP contribution in [0.1, 0.15) is 11.1 Å². The lowest BCUT2D eigenvalue weighted by Gasteiger charge is -2.07. The molecule has 4 nitrogen and oxygen atoms in total. The Morgan fingerprint density at radius 2 is 1.60 bits per heavy atom. The topological polar surface area (TPSA) is 44.5 Å². The van der Waals surface area contributed by atoms with E-state index in [9.17, 15) is 5.21 Å². The van der Waals surface area contributed by atoms with E-state index in [1.54, 1.807) is 32.4 Å². The van der Waals surface area contributed by atoms with Crippen LogP contribution in [0.15, 0.2) is 48.5 Å². The van der Waals surface area contributed by atoms with Crippen molar-refractivity contribution in [2.45, 2.75) is 6.54 Å². The summed E-state index contributed by atoms with van der Waals surface area (Å²) in [5.41, 5.74) is 1.71. The number of benzene rings is 2. The summed E-state index contributed by atoms with van der Waals surface area (Å²) in [6.45, 7) is 0.306. The molecule has 0 saturated carbocycles. The van der Waals surface area contributed by atoms with Crippen molar-refractivity contribution < 1.29 is 14.2 Å². The van der Waals surface area contributed by atoms with Crippen LogP contribution >= 0.6 is 0 Å². The third kappa shape index (κ3) is 3.75. The van der Waals surface area contributed by atoms with E-state index in [0.29, 0.717) is 18.0 Å². The van der Waals surface area contributed by atoms with Crippen LogP contribution in [0.4, 0.5) is 0 Å². The maximum Gasteiger partial charge on any atom is 0.182 e. The second-order valence-electron chi connectivity index (χ2n) is 4.34. The van der Waals surface area contributed by atoms with E-state index in [2.05, 4.69) is 0 Å². The quantitative estimate of drug-likeness (QED) is 0.363. The van der Waals surface area contributed by atoms with Gasteiger partial charge < -0.3 is 14.7 Å². The van der Waals surface area contributed by atoms with Crippen LogP contribution in [0.25, 0.3) is 0 Å². The van der Waals surface area contributed by atoms with Crippen LogP contribution in [0.3, 0.4) is 0 Å². The lowest BCUT2D eigenvalue weighted by molar-refractivity contribution is -0.469. The van der Waals surface area contributed by atoms with Crippen molar-refractivity contribution in [2.24, 2.45) is 0 Å². The van der Waals surface area contributed by atoms with Crippen molar-refractivity contribution in [2.75, 3.05) is 14.2 Å². The number of rotatable bonds is 5. The molecule has 0 bridgehead atoms. The fraction of sp³-hybridized carbons (Fsp3) is 0.188.